The molecule has 0 bridgehead atoms. The quantitative estimate of drug-likeness (QED) is 0.844. The highest BCUT2D eigenvalue weighted by molar-refractivity contribution is 5.90. The number of hydrogen-bond acceptors (Lipinski definition) is 3. The van der Waals surface area contributed by atoms with E-state index in [2.05, 4.69) is 15.4 Å². The van der Waals surface area contributed by atoms with Gasteiger partial charge in [0.05, 0.1) is 0 Å². The first-order valence-electron chi connectivity index (χ1n) is 6.71. The van der Waals surface area contributed by atoms with Gasteiger partial charge < -0.3 is 15.4 Å². The van der Waals surface area contributed by atoms with Gasteiger partial charge in [-0.2, -0.15) is 8.78 Å². The predicted octanol–water partition coefficient (Wildman–Crippen LogP) is 2.76. The number of carbonyl (C=O) groups is 1. The number of anilines is 1. The van der Waals surface area contributed by atoms with Gasteiger partial charge in [0.15, 0.2) is 0 Å². The molecule has 0 aliphatic carbocycles. The second-order valence-corrected chi connectivity index (χ2v) is 4.78. The summed E-state index contributed by atoms with van der Waals surface area (Å²) in [6.45, 7) is -1.81. The molecule has 1 aromatic rings. The van der Waals surface area contributed by atoms with Gasteiger partial charge in [-0.05, 0) is 50.1 Å². The van der Waals surface area contributed by atoms with Crippen LogP contribution in [0.1, 0.15) is 25.7 Å². The fourth-order valence-corrected chi connectivity index (χ4v) is 2.25. The molecule has 0 aromatic heterocycles. The minimum absolute atomic E-state index is 0.0683. The van der Waals surface area contributed by atoms with Gasteiger partial charge in [0.2, 0.25) is 5.91 Å². The van der Waals surface area contributed by atoms with Crippen LogP contribution in [0.25, 0.3) is 0 Å². The van der Waals surface area contributed by atoms with E-state index in [0.717, 1.165) is 25.8 Å². The maximum atomic E-state index is 12.0. The zero-order valence-corrected chi connectivity index (χ0v) is 11.1. The molecular formula is C14H18F2N2O2. The second-order valence-electron chi connectivity index (χ2n) is 4.78. The normalized spacial score (nSPS) is 18.2. The number of hydrogen-bond donors (Lipinski definition) is 2. The third-order valence-electron chi connectivity index (χ3n) is 3.25. The monoisotopic (exact) mass is 284 g/mol. The highest BCUT2D eigenvalue weighted by Gasteiger charge is 2.15. The molecule has 4 nitrogen and oxygen atoms in total. The van der Waals surface area contributed by atoms with E-state index in [-0.39, 0.29) is 11.7 Å². The summed E-state index contributed by atoms with van der Waals surface area (Å²) in [5, 5.41) is 6.07. The van der Waals surface area contributed by atoms with E-state index in [4.69, 9.17) is 0 Å². The van der Waals surface area contributed by atoms with Gasteiger partial charge in [-0.3, -0.25) is 4.79 Å². The second kappa shape index (κ2) is 7.19. The molecule has 1 saturated heterocycles. The van der Waals surface area contributed by atoms with E-state index >= 15 is 0 Å². The summed E-state index contributed by atoms with van der Waals surface area (Å²) in [7, 11) is 0. The Labute approximate surface area is 116 Å². The van der Waals surface area contributed by atoms with Crippen molar-refractivity contribution < 1.29 is 18.3 Å². The summed E-state index contributed by atoms with van der Waals surface area (Å²) >= 11 is 0. The lowest BCUT2D eigenvalue weighted by Gasteiger charge is -2.10. The van der Waals surface area contributed by atoms with Crippen LogP contribution in [0.2, 0.25) is 0 Å². The smallest absolute Gasteiger partial charge is 0.387 e. The maximum Gasteiger partial charge on any atom is 0.387 e. The third kappa shape index (κ3) is 4.77. The van der Waals surface area contributed by atoms with Gasteiger partial charge in [-0.15, -0.1) is 0 Å². The number of ether oxygens (including phenoxy) is 1. The maximum absolute atomic E-state index is 12.0. The molecule has 1 fully saturated rings. The Morgan fingerprint density at radius 1 is 1.40 bits per heavy atom. The van der Waals surface area contributed by atoms with E-state index in [9.17, 15) is 13.6 Å². The summed E-state index contributed by atoms with van der Waals surface area (Å²) in [5.74, 6) is 0.00869. The average molecular weight is 284 g/mol. The fraction of sp³-hybridized carbons (Fsp3) is 0.500. The Hall–Kier alpha value is -1.69. The Kier molecular flexibility index (Phi) is 5.29. The Balaban J connectivity index is 1.75. The van der Waals surface area contributed by atoms with Crippen LogP contribution < -0.4 is 15.4 Å². The number of alkyl halides is 2. The van der Waals surface area contributed by atoms with Crippen LogP contribution in [0, 0.1) is 0 Å². The Morgan fingerprint density at radius 2 is 2.15 bits per heavy atom. The van der Waals surface area contributed by atoms with E-state index in [1.807, 2.05) is 0 Å². The zero-order valence-electron chi connectivity index (χ0n) is 11.1. The summed E-state index contributed by atoms with van der Waals surface area (Å²) < 4.78 is 28.2. The third-order valence-corrected chi connectivity index (χ3v) is 3.25. The Bertz CT molecular complexity index is 431. The van der Waals surface area contributed by atoms with Gasteiger partial charge in [-0.25, -0.2) is 0 Å². The van der Waals surface area contributed by atoms with Crippen molar-refractivity contribution in [2.24, 2.45) is 0 Å². The van der Waals surface area contributed by atoms with Crippen LogP contribution in [0.15, 0.2) is 24.3 Å². The standard InChI is InChI=1S/C14H18F2N2O2/c15-14(16)20-12-6-3-11(4-7-12)18-13(19)8-5-10-2-1-9-17-10/h3-4,6-7,10,14,17H,1-2,5,8-9H2,(H,18,19). The minimum atomic E-state index is -2.84. The Morgan fingerprint density at radius 3 is 2.75 bits per heavy atom. The molecular weight excluding hydrogens is 266 g/mol. The molecule has 1 aliphatic rings. The molecule has 0 saturated carbocycles. The van der Waals surface area contributed by atoms with Gasteiger partial charge in [0.25, 0.3) is 0 Å². The highest BCUT2D eigenvalue weighted by atomic mass is 19.3. The zero-order chi connectivity index (χ0) is 14.4. The summed E-state index contributed by atoms with van der Waals surface area (Å²) in [6, 6.07) is 6.33. The summed E-state index contributed by atoms with van der Waals surface area (Å²) in [5.41, 5.74) is 0.580. The summed E-state index contributed by atoms with van der Waals surface area (Å²) in [4.78, 5) is 11.7. The van der Waals surface area contributed by atoms with Crippen LogP contribution in [0.3, 0.4) is 0 Å². The van der Waals surface area contributed by atoms with Crippen molar-refractivity contribution in [3.63, 3.8) is 0 Å². The molecule has 1 aliphatic heterocycles. The minimum Gasteiger partial charge on any atom is -0.435 e. The van der Waals surface area contributed by atoms with E-state index < -0.39 is 6.61 Å². The molecule has 6 heteroatoms. The first kappa shape index (κ1) is 14.7. The van der Waals surface area contributed by atoms with Crippen molar-refractivity contribution >= 4 is 11.6 Å². The lowest BCUT2D eigenvalue weighted by molar-refractivity contribution is -0.116. The van der Waals surface area contributed by atoms with Crippen molar-refractivity contribution in [2.75, 3.05) is 11.9 Å². The molecule has 1 amide bonds. The van der Waals surface area contributed by atoms with Crippen molar-refractivity contribution in [3.8, 4) is 5.75 Å². The highest BCUT2D eigenvalue weighted by Crippen LogP contribution is 2.18. The molecule has 0 radical (unpaired) electrons. The van der Waals surface area contributed by atoms with E-state index in [1.165, 1.54) is 12.1 Å². The SMILES string of the molecule is O=C(CCC1CCCN1)Nc1ccc(OC(F)F)cc1. The van der Waals surface area contributed by atoms with Crippen molar-refractivity contribution in [2.45, 2.75) is 38.3 Å². The first-order chi connectivity index (χ1) is 9.63. The van der Waals surface area contributed by atoms with Gasteiger partial charge in [0.1, 0.15) is 5.75 Å². The van der Waals surface area contributed by atoms with Gasteiger partial charge in [0, 0.05) is 18.2 Å². The average Bonchev–Trinajstić information content (AvgIpc) is 2.91. The topological polar surface area (TPSA) is 50.4 Å². The number of amides is 1. The van der Waals surface area contributed by atoms with E-state index in [0.29, 0.717) is 18.2 Å². The fourth-order valence-electron chi connectivity index (χ4n) is 2.25. The van der Waals surface area contributed by atoms with Crippen molar-refractivity contribution in [1.82, 2.24) is 5.32 Å². The van der Waals surface area contributed by atoms with Crippen LogP contribution in [-0.4, -0.2) is 25.1 Å². The lowest BCUT2D eigenvalue weighted by atomic mass is 10.1. The van der Waals surface area contributed by atoms with Crippen LogP contribution in [-0.2, 0) is 4.79 Å². The van der Waals surface area contributed by atoms with E-state index in [1.54, 1.807) is 12.1 Å². The molecule has 2 rings (SSSR count). The molecule has 0 spiro atoms. The van der Waals surface area contributed by atoms with Crippen LogP contribution in [0.4, 0.5) is 14.5 Å². The molecule has 1 atom stereocenters. The molecule has 2 N–H and O–H groups in total. The molecule has 20 heavy (non-hydrogen) atoms. The van der Waals surface area contributed by atoms with Gasteiger partial charge >= 0.3 is 6.61 Å². The first-order valence-corrected chi connectivity index (χ1v) is 6.71. The van der Waals surface area contributed by atoms with Crippen molar-refractivity contribution in [3.05, 3.63) is 24.3 Å². The van der Waals surface area contributed by atoms with Crippen LogP contribution in [0.5, 0.6) is 5.75 Å². The molecule has 110 valence electrons. The number of benzene rings is 1. The lowest BCUT2D eigenvalue weighted by Crippen LogP contribution is -2.23. The number of nitrogens with one attached hydrogen (secondary N) is 2. The molecule has 1 unspecified atom stereocenters. The van der Waals surface area contributed by atoms with Crippen molar-refractivity contribution in [1.29, 1.82) is 0 Å². The number of carbonyl (C=O) groups excluding carboxylic acids is 1. The number of halogens is 2. The van der Waals surface area contributed by atoms with Gasteiger partial charge in [-0.1, -0.05) is 0 Å². The largest absolute Gasteiger partial charge is 0.435 e. The molecule has 1 aromatic carbocycles. The predicted molar refractivity (Wildman–Crippen MR) is 72.0 cm³/mol. The summed E-state index contributed by atoms with van der Waals surface area (Å²) in [6.07, 6.45) is 3.55. The molecule has 1 heterocycles. The van der Waals surface area contributed by atoms with Crippen LogP contribution >= 0.6 is 0 Å². The number of rotatable bonds is 6.